The Morgan fingerprint density at radius 1 is 1.16 bits per heavy atom. The van der Waals surface area contributed by atoms with Gasteiger partial charge in [0.25, 0.3) is 5.91 Å². The van der Waals surface area contributed by atoms with Crippen molar-refractivity contribution in [2.24, 2.45) is 5.92 Å². The number of aromatic nitrogens is 3. The van der Waals surface area contributed by atoms with Gasteiger partial charge in [-0.2, -0.15) is 18.3 Å². The summed E-state index contributed by atoms with van der Waals surface area (Å²) in [4.78, 5) is 27.4. The molecular weight excluding hydrogens is 499 g/mol. The first-order valence-corrected chi connectivity index (χ1v) is 12.5. The summed E-state index contributed by atoms with van der Waals surface area (Å²) in [6.45, 7) is 3.83. The van der Waals surface area contributed by atoms with E-state index in [0.717, 1.165) is 54.8 Å². The summed E-state index contributed by atoms with van der Waals surface area (Å²) in [5, 5.41) is 18.8. The number of alkyl halides is 3. The molecule has 0 radical (unpaired) electrons. The van der Waals surface area contributed by atoms with E-state index in [9.17, 15) is 22.8 Å². The van der Waals surface area contributed by atoms with Crippen LogP contribution in [0.2, 0.25) is 0 Å². The SMILES string of the molecule is Cc1cc(C)c(-n2cc(C(F)(F)F)cn2)c(C(Nc2ccc(C(=O)NCCC(=O)O)cn2)C2CCCC2)c1. The highest BCUT2D eigenvalue weighted by Crippen LogP contribution is 2.41. The number of carbonyl (C=O) groups excluding carboxylic acids is 1. The van der Waals surface area contributed by atoms with Crippen LogP contribution in [-0.2, 0) is 11.0 Å². The molecule has 3 N–H and O–H groups in total. The van der Waals surface area contributed by atoms with E-state index >= 15 is 0 Å². The number of pyridine rings is 1. The zero-order valence-electron chi connectivity index (χ0n) is 21.2. The summed E-state index contributed by atoms with van der Waals surface area (Å²) in [6, 6.07) is 6.94. The van der Waals surface area contributed by atoms with Crippen LogP contribution in [0.3, 0.4) is 0 Å². The summed E-state index contributed by atoms with van der Waals surface area (Å²) in [5.41, 5.74) is 2.71. The Morgan fingerprint density at radius 2 is 1.89 bits per heavy atom. The van der Waals surface area contributed by atoms with Gasteiger partial charge in [0.15, 0.2) is 0 Å². The second kappa shape index (κ2) is 11.2. The number of benzene rings is 1. The topological polar surface area (TPSA) is 109 Å². The molecule has 2 aromatic heterocycles. The molecule has 38 heavy (non-hydrogen) atoms. The number of nitrogens with one attached hydrogen (secondary N) is 2. The normalized spacial score (nSPS) is 14.9. The predicted octanol–water partition coefficient (Wildman–Crippen LogP) is 5.45. The molecule has 1 fully saturated rings. The van der Waals surface area contributed by atoms with Gasteiger partial charge < -0.3 is 15.7 Å². The van der Waals surface area contributed by atoms with Gasteiger partial charge in [0.1, 0.15) is 5.82 Å². The first kappa shape index (κ1) is 27.2. The Hall–Kier alpha value is -3.89. The molecule has 1 aromatic carbocycles. The van der Waals surface area contributed by atoms with Gasteiger partial charge in [-0.05, 0) is 50.3 Å². The van der Waals surface area contributed by atoms with Gasteiger partial charge in [0, 0.05) is 24.5 Å². The van der Waals surface area contributed by atoms with E-state index in [0.29, 0.717) is 17.1 Å². The van der Waals surface area contributed by atoms with Crippen molar-refractivity contribution in [2.75, 3.05) is 11.9 Å². The average molecular weight is 530 g/mol. The van der Waals surface area contributed by atoms with Crippen molar-refractivity contribution in [2.45, 2.75) is 58.2 Å². The Balaban J connectivity index is 1.66. The van der Waals surface area contributed by atoms with Crippen LogP contribution in [0.5, 0.6) is 0 Å². The molecule has 1 saturated carbocycles. The Morgan fingerprint density at radius 3 is 2.50 bits per heavy atom. The quantitative estimate of drug-likeness (QED) is 0.340. The summed E-state index contributed by atoms with van der Waals surface area (Å²) in [6.07, 6.45) is 2.63. The number of carboxylic acids is 1. The molecule has 202 valence electrons. The molecule has 8 nitrogen and oxygen atoms in total. The number of hydrogen-bond acceptors (Lipinski definition) is 5. The van der Waals surface area contributed by atoms with Crippen molar-refractivity contribution in [3.8, 4) is 5.69 Å². The van der Waals surface area contributed by atoms with E-state index < -0.39 is 23.6 Å². The van der Waals surface area contributed by atoms with E-state index in [1.165, 1.54) is 10.9 Å². The van der Waals surface area contributed by atoms with E-state index in [2.05, 4.69) is 20.7 Å². The van der Waals surface area contributed by atoms with Crippen LogP contribution in [-0.4, -0.2) is 38.3 Å². The largest absolute Gasteiger partial charge is 0.481 e. The summed E-state index contributed by atoms with van der Waals surface area (Å²) < 4.78 is 41.3. The summed E-state index contributed by atoms with van der Waals surface area (Å²) >= 11 is 0. The van der Waals surface area contributed by atoms with Crippen molar-refractivity contribution in [3.05, 3.63) is 70.7 Å². The van der Waals surface area contributed by atoms with Gasteiger partial charge in [0.2, 0.25) is 0 Å². The third-order valence-corrected chi connectivity index (χ3v) is 6.77. The number of nitrogens with zero attached hydrogens (tertiary/aromatic N) is 3. The first-order chi connectivity index (χ1) is 18.0. The van der Waals surface area contributed by atoms with Gasteiger partial charge >= 0.3 is 12.1 Å². The molecular formula is C27H30F3N5O3. The highest BCUT2D eigenvalue weighted by Gasteiger charge is 2.34. The zero-order valence-corrected chi connectivity index (χ0v) is 21.2. The number of halogens is 3. The minimum Gasteiger partial charge on any atom is -0.481 e. The number of anilines is 1. The van der Waals surface area contributed by atoms with Gasteiger partial charge in [-0.3, -0.25) is 9.59 Å². The fourth-order valence-corrected chi connectivity index (χ4v) is 5.03. The lowest BCUT2D eigenvalue weighted by Gasteiger charge is -2.29. The standard InChI is InChI=1S/C27H30F3N5O3/c1-16-11-17(2)25(35-15-20(14-33-35)27(28,29)30)21(12-16)24(18-5-3-4-6-18)34-22-8-7-19(13-32-22)26(38)31-10-9-23(36)37/h7-8,11-15,18,24H,3-6,9-10H2,1-2H3,(H,31,38)(H,32,34)(H,36,37). The number of hydrogen-bond donors (Lipinski definition) is 3. The smallest absolute Gasteiger partial charge is 0.419 e. The molecule has 1 aliphatic carbocycles. The van der Waals surface area contributed by atoms with Crippen LogP contribution < -0.4 is 10.6 Å². The maximum atomic E-state index is 13.3. The second-order valence-electron chi connectivity index (χ2n) is 9.69. The maximum absolute atomic E-state index is 13.3. The molecule has 0 spiro atoms. The summed E-state index contributed by atoms with van der Waals surface area (Å²) in [7, 11) is 0. The van der Waals surface area contributed by atoms with E-state index in [1.54, 1.807) is 12.1 Å². The first-order valence-electron chi connectivity index (χ1n) is 12.5. The molecule has 2 heterocycles. The molecule has 1 unspecified atom stereocenters. The lowest BCUT2D eigenvalue weighted by Crippen LogP contribution is -2.26. The van der Waals surface area contributed by atoms with Crippen molar-refractivity contribution >= 4 is 17.7 Å². The fraction of sp³-hybridized carbons (Fsp3) is 0.407. The molecule has 11 heteroatoms. The Labute approximate surface area is 218 Å². The average Bonchev–Trinajstić information content (AvgIpc) is 3.55. The minimum atomic E-state index is -4.49. The molecule has 0 aliphatic heterocycles. The highest BCUT2D eigenvalue weighted by atomic mass is 19.4. The van der Waals surface area contributed by atoms with Gasteiger partial charge in [-0.15, -0.1) is 0 Å². The van der Waals surface area contributed by atoms with Crippen LogP contribution in [0.25, 0.3) is 5.69 Å². The number of carboxylic acid groups (broad SMARTS) is 1. The highest BCUT2D eigenvalue weighted by molar-refractivity contribution is 5.94. The maximum Gasteiger partial charge on any atom is 0.419 e. The Kier molecular flexibility index (Phi) is 8.03. The van der Waals surface area contributed by atoms with Crippen LogP contribution in [0.15, 0.2) is 42.9 Å². The molecule has 1 amide bonds. The van der Waals surface area contributed by atoms with Crippen molar-refractivity contribution < 1.29 is 27.9 Å². The number of carbonyl (C=O) groups is 2. The number of rotatable bonds is 9. The predicted molar refractivity (Wildman–Crippen MR) is 135 cm³/mol. The van der Waals surface area contributed by atoms with E-state index in [-0.39, 0.29) is 24.9 Å². The third-order valence-electron chi connectivity index (χ3n) is 6.77. The molecule has 4 rings (SSSR count). The van der Waals surface area contributed by atoms with Gasteiger partial charge in [0.05, 0.1) is 35.5 Å². The second-order valence-corrected chi connectivity index (χ2v) is 9.69. The van der Waals surface area contributed by atoms with Crippen LogP contribution in [0.1, 0.15) is 70.8 Å². The third kappa shape index (κ3) is 6.32. The van der Waals surface area contributed by atoms with Crippen molar-refractivity contribution in [3.63, 3.8) is 0 Å². The van der Waals surface area contributed by atoms with Crippen LogP contribution >= 0.6 is 0 Å². The number of aliphatic carboxylic acids is 1. The Bertz CT molecular complexity index is 1300. The van der Waals surface area contributed by atoms with Crippen LogP contribution in [0.4, 0.5) is 19.0 Å². The van der Waals surface area contributed by atoms with Crippen molar-refractivity contribution in [1.29, 1.82) is 0 Å². The lowest BCUT2D eigenvalue weighted by molar-refractivity contribution is -0.138. The van der Waals surface area contributed by atoms with E-state index in [1.807, 2.05) is 26.0 Å². The van der Waals surface area contributed by atoms with Crippen molar-refractivity contribution in [1.82, 2.24) is 20.1 Å². The van der Waals surface area contributed by atoms with E-state index in [4.69, 9.17) is 5.11 Å². The fourth-order valence-electron chi connectivity index (χ4n) is 5.03. The lowest BCUT2D eigenvalue weighted by atomic mass is 9.88. The van der Waals surface area contributed by atoms with Gasteiger partial charge in [-0.25, -0.2) is 9.67 Å². The minimum absolute atomic E-state index is 0.0108. The molecule has 1 aliphatic rings. The molecule has 0 saturated heterocycles. The molecule has 0 bridgehead atoms. The number of amides is 1. The zero-order chi connectivity index (χ0) is 27.4. The monoisotopic (exact) mass is 529 g/mol. The van der Waals surface area contributed by atoms with Gasteiger partial charge in [-0.1, -0.05) is 30.5 Å². The molecule has 1 atom stereocenters. The molecule has 3 aromatic rings. The summed E-state index contributed by atoms with van der Waals surface area (Å²) in [5.74, 6) is -0.677. The number of aryl methyl sites for hydroxylation is 2. The van der Waals surface area contributed by atoms with Crippen LogP contribution in [0, 0.1) is 19.8 Å².